The molecule has 0 radical (unpaired) electrons. The summed E-state index contributed by atoms with van der Waals surface area (Å²) in [5.41, 5.74) is 1.48. The molecule has 2 aromatic carbocycles. The van der Waals surface area contributed by atoms with Gasteiger partial charge in [0.05, 0.1) is 4.92 Å². The van der Waals surface area contributed by atoms with Gasteiger partial charge in [-0.05, 0) is 24.5 Å². The van der Waals surface area contributed by atoms with E-state index >= 15 is 0 Å². The molecule has 0 bridgehead atoms. The van der Waals surface area contributed by atoms with Crippen LogP contribution in [0.15, 0.2) is 53.4 Å². The fourth-order valence-corrected chi connectivity index (χ4v) is 3.61. The molecule has 0 aliphatic rings. The monoisotopic (exact) mass is 372 g/mol. The normalized spacial score (nSPS) is 10.5. The van der Waals surface area contributed by atoms with E-state index in [0.29, 0.717) is 24.4 Å². The number of nitro benzene ring substituents is 1. The van der Waals surface area contributed by atoms with Crippen LogP contribution in [0.4, 0.5) is 5.69 Å². The molecule has 0 aliphatic heterocycles. The number of hydrogen-bond donors (Lipinski definition) is 0. The van der Waals surface area contributed by atoms with Crippen LogP contribution in [-0.2, 0) is 5.75 Å². The molecule has 0 fully saturated rings. The summed E-state index contributed by atoms with van der Waals surface area (Å²) < 4.78 is 0. The molecular weight excluding hydrogens is 348 g/mol. The highest BCUT2D eigenvalue weighted by molar-refractivity contribution is 7.98. The number of benzene rings is 2. The number of non-ortho nitro benzene ring substituents is 1. The molecule has 2 rings (SSSR count). The Kier molecular flexibility index (Phi) is 7.66. The molecule has 26 heavy (non-hydrogen) atoms. The lowest BCUT2D eigenvalue weighted by Gasteiger charge is -2.21. The van der Waals surface area contributed by atoms with Crippen LogP contribution in [0.2, 0.25) is 0 Å². The summed E-state index contributed by atoms with van der Waals surface area (Å²) in [4.78, 5) is 26.2. The maximum atomic E-state index is 12.8. The van der Waals surface area contributed by atoms with E-state index in [1.165, 1.54) is 23.9 Å². The van der Waals surface area contributed by atoms with Crippen molar-refractivity contribution in [1.29, 1.82) is 0 Å². The molecule has 0 N–H and O–H groups in total. The maximum Gasteiger partial charge on any atom is 0.271 e. The van der Waals surface area contributed by atoms with E-state index < -0.39 is 4.92 Å². The zero-order valence-corrected chi connectivity index (χ0v) is 16.0. The summed E-state index contributed by atoms with van der Waals surface area (Å²) in [6, 6.07) is 14.6. The second kappa shape index (κ2) is 9.97. The molecule has 0 saturated carbocycles. The van der Waals surface area contributed by atoms with Crippen molar-refractivity contribution in [3.05, 3.63) is 69.8 Å². The Labute approximate surface area is 158 Å². The number of carbonyl (C=O) groups is 1. The molecule has 0 aromatic heterocycles. The highest BCUT2D eigenvalue weighted by Crippen LogP contribution is 2.28. The minimum absolute atomic E-state index is 0.0423. The summed E-state index contributed by atoms with van der Waals surface area (Å²) in [6.45, 7) is 5.35. The standard InChI is InChI=1S/C20H24N2O3S/c1-3-10-21(11-4-2)20(23)17-12-18(22(24)25)14-19(13-17)26-15-16-8-6-5-7-9-16/h5-9,12-14H,3-4,10-11,15H2,1-2H3. The van der Waals surface area contributed by atoms with E-state index in [4.69, 9.17) is 0 Å². The molecule has 0 atom stereocenters. The molecule has 2 aromatic rings. The Hall–Kier alpha value is -2.34. The lowest BCUT2D eigenvalue weighted by atomic mass is 10.1. The van der Waals surface area contributed by atoms with Gasteiger partial charge < -0.3 is 4.90 Å². The SMILES string of the molecule is CCCN(CCC)C(=O)c1cc(SCc2ccccc2)cc([N+](=O)[O-])c1. The van der Waals surface area contributed by atoms with E-state index in [0.717, 1.165) is 23.3 Å². The van der Waals surface area contributed by atoms with Crippen LogP contribution in [0.25, 0.3) is 0 Å². The molecule has 5 nitrogen and oxygen atoms in total. The second-order valence-electron chi connectivity index (χ2n) is 6.04. The molecular formula is C20H24N2O3S. The van der Waals surface area contributed by atoms with Crippen LogP contribution in [0.1, 0.15) is 42.6 Å². The van der Waals surface area contributed by atoms with E-state index in [9.17, 15) is 14.9 Å². The van der Waals surface area contributed by atoms with Gasteiger partial charge in [-0.2, -0.15) is 0 Å². The van der Waals surface area contributed by atoms with Crippen LogP contribution >= 0.6 is 11.8 Å². The third-order valence-corrected chi connectivity index (χ3v) is 4.92. The van der Waals surface area contributed by atoms with Gasteiger partial charge in [0.1, 0.15) is 0 Å². The first-order valence-corrected chi connectivity index (χ1v) is 9.79. The van der Waals surface area contributed by atoms with Gasteiger partial charge in [0, 0.05) is 41.4 Å². The topological polar surface area (TPSA) is 63.5 Å². The molecule has 0 aliphatic carbocycles. The first kappa shape index (κ1) is 20.0. The molecule has 0 heterocycles. The summed E-state index contributed by atoms with van der Waals surface area (Å²) in [5.74, 6) is 0.558. The molecule has 138 valence electrons. The fraction of sp³-hybridized carbons (Fsp3) is 0.350. The van der Waals surface area contributed by atoms with Crippen molar-refractivity contribution in [2.24, 2.45) is 0 Å². The lowest BCUT2D eigenvalue weighted by molar-refractivity contribution is -0.385. The van der Waals surface area contributed by atoms with Crippen LogP contribution in [0.3, 0.4) is 0 Å². The van der Waals surface area contributed by atoms with Crippen LogP contribution < -0.4 is 0 Å². The number of nitrogens with zero attached hydrogens (tertiary/aromatic N) is 2. The van der Waals surface area contributed by atoms with Crippen LogP contribution in [0, 0.1) is 10.1 Å². The van der Waals surface area contributed by atoms with Gasteiger partial charge in [-0.1, -0.05) is 44.2 Å². The van der Waals surface area contributed by atoms with E-state index in [1.807, 2.05) is 44.2 Å². The summed E-state index contributed by atoms with van der Waals surface area (Å²) in [6.07, 6.45) is 1.71. The Morgan fingerprint density at radius 3 is 2.31 bits per heavy atom. The van der Waals surface area contributed by atoms with Gasteiger partial charge in [0.15, 0.2) is 0 Å². The number of amides is 1. The first-order chi connectivity index (χ1) is 12.5. The van der Waals surface area contributed by atoms with Gasteiger partial charge in [-0.3, -0.25) is 14.9 Å². The quantitative estimate of drug-likeness (QED) is 0.347. The van der Waals surface area contributed by atoms with Crippen molar-refractivity contribution >= 4 is 23.4 Å². The number of thioether (sulfide) groups is 1. The Morgan fingerprint density at radius 2 is 1.73 bits per heavy atom. The first-order valence-electron chi connectivity index (χ1n) is 8.80. The van der Waals surface area contributed by atoms with Gasteiger partial charge in [0.2, 0.25) is 0 Å². The predicted molar refractivity (Wildman–Crippen MR) is 106 cm³/mol. The molecule has 6 heteroatoms. The minimum atomic E-state index is -0.437. The zero-order chi connectivity index (χ0) is 18.9. The van der Waals surface area contributed by atoms with Crippen LogP contribution in [0.5, 0.6) is 0 Å². The molecule has 0 spiro atoms. The van der Waals surface area contributed by atoms with Crippen molar-refractivity contribution in [2.75, 3.05) is 13.1 Å². The van der Waals surface area contributed by atoms with E-state index in [-0.39, 0.29) is 11.6 Å². The second-order valence-corrected chi connectivity index (χ2v) is 7.09. The number of carbonyl (C=O) groups excluding carboxylic acids is 1. The van der Waals surface area contributed by atoms with Gasteiger partial charge in [0.25, 0.3) is 11.6 Å². The van der Waals surface area contributed by atoms with Crippen molar-refractivity contribution < 1.29 is 9.72 Å². The Balaban J connectivity index is 2.26. The number of hydrogen-bond acceptors (Lipinski definition) is 4. The van der Waals surface area contributed by atoms with Gasteiger partial charge >= 0.3 is 0 Å². The van der Waals surface area contributed by atoms with E-state index in [1.54, 1.807) is 11.0 Å². The lowest BCUT2D eigenvalue weighted by Crippen LogP contribution is -2.32. The summed E-state index contributed by atoms with van der Waals surface area (Å²) >= 11 is 1.50. The third kappa shape index (κ3) is 5.59. The average molecular weight is 372 g/mol. The summed E-state index contributed by atoms with van der Waals surface area (Å²) in [5, 5.41) is 11.3. The average Bonchev–Trinajstić information content (AvgIpc) is 2.66. The highest BCUT2D eigenvalue weighted by atomic mass is 32.2. The van der Waals surface area contributed by atoms with Crippen molar-refractivity contribution in [2.45, 2.75) is 37.3 Å². The van der Waals surface area contributed by atoms with Crippen molar-refractivity contribution in [3.63, 3.8) is 0 Å². The van der Waals surface area contributed by atoms with E-state index in [2.05, 4.69) is 0 Å². The van der Waals surface area contributed by atoms with Crippen molar-refractivity contribution in [3.8, 4) is 0 Å². The summed E-state index contributed by atoms with van der Waals surface area (Å²) in [7, 11) is 0. The highest BCUT2D eigenvalue weighted by Gasteiger charge is 2.19. The Bertz CT molecular complexity index is 744. The Morgan fingerprint density at radius 1 is 1.08 bits per heavy atom. The van der Waals surface area contributed by atoms with Crippen molar-refractivity contribution in [1.82, 2.24) is 4.90 Å². The molecule has 0 saturated heterocycles. The smallest absolute Gasteiger partial charge is 0.271 e. The largest absolute Gasteiger partial charge is 0.339 e. The number of rotatable bonds is 9. The fourth-order valence-electron chi connectivity index (χ4n) is 2.67. The third-order valence-electron chi connectivity index (χ3n) is 3.87. The van der Waals surface area contributed by atoms with Crippen LogP contribution in [-0.4, -0.2) is 28.8 Å². The number of nitro groups is 1. The predicted octanol–water partition coefficient (Wildman–Crippen LogP) is 5.15. The molecule has 1 amide bonds. The van der Waals surface area contributed by atoms with Gasteiger partial charge in [-0.25, -0.2) is 0 Å². The molecule has 0 unspecified atom stereocenters. The maximum absolute atomic E-state index is 12.8. The zero-order valence-electron chi connectivity index (χ0n) is 15.2. The minimum Gasteiger partial charge on any atom is -0.339 e. The van der Waals surface area contributed by atoms with Gasteiger partial charge in [-0.15, -0.1) is 11.8 Å².